The summed E-state index contributed by atoms with van der Waals surface area (Å²) in [4.78, 5) is -1.76. The Balaban J connectivity index is 3.31. The van der Waals surface area contributed by atoms with Crippen molar-refractivity contribution in [3.8, 4) is 0 Å². The smallest absolute Gasteiger partial charge is 0.205 e. The highest BCUT2D eigenvalue weighted by molar-refractivity contribution is 8.20. The quantitative estimate of drug-likeness (QED) is 0.608. The van der Waals surface area contributed by atoms with Gasteiger partial charge >= 0.3 is 0 Å². The lowest BCUT2D eigenvalue weighted by Crippen LogP contribution is -1.91. The molecule has 68 valence electrons. The predicted octanol–water partition coefficient (Wildman–Crippen LogP) is 3.78. The van der Waals surface area contributed by atoms with Crippen LogP contribution in [0.3, 0.4) is 0 Å². The minimum Gasteiger partial charge on any atom is -0.205 e. The van der Waals surface area contributed by atoms with Crippen LogP contribution in [-0.4, -0.2) is 0 Å². The van der Waals surface area contributed by atoms with Crippen LogP contribution in [0.25, 0.3) is 0 Å². The molecule has 0 saturated carbocycles. The fourth-order valence-electron chi connectivity index (χ4n) is 0.704. The second kappa shape index (κ2) is 2.93. The van der Waals surface area contributed by atoms with E-state index in [1.165, 1.54) is 0 Å². The molecule has 1 aromatic carbocycles. The van der Waals surface area contributed by atoms with Crippen LogP contribution in [0, 0.1) is 11.6 Å². The van der Waals surface area contributed by atoms with E-state index < -0.39 is 27.7 Å². The van der Waals surface area contributed by atoms with Crippen molar-refractivity contribution in [1.82, 2.24) is 0 Å². The molecule has 0 aliphatic heterocycles. The molecule has 0 N–H and O–H groups in total. The van der Waals surface area contributed by atoms with E-state index in [1.54, 1.807) is 0 Å². The molecule has 0 unspecified atom stereocenters. The molecule has 0 saturated heterocycles. The number of hydrogen-bond acceptors (Lipinski definition) is 0. The lowest BCUT2D eigenvalue weighted by Gasteiger charge is -2.10. The zero-order valence-corrected chi connectivity index (χ0v) is 6.35. The van der Waals surface area contributed by atoms with E-state index in [0.29, 0.717) is 12.1 Å². The molecule has 1 rings (SSSR count). The summed E-state index contributed by atoms with van der Waals surface area (Å²) in [5.74, 6) is -3.12. The van der Waals surface area contributed by atoms with Crippen LogP contribution in [-0.2, 0) is 0 Å². The van der Waals surface area contributed by atoms with Gasteiger partial charge in [0.25, 0.3) is 0 Å². The second-order valence-corrected chi connectivity index (χ2v) is 3.18. The Hall–Kier alpha value is -0.780. The first-order valence-corrected chi connectivity index (χ1v) is 4.12. The minimum atomic E-state index is -5.81. The molecular formula is C6H3F5S. The molecule has 0 radical (unpaired) electrons. The van der Waals surface area contributed by atoms with Crippen molar-refractivity contribution in [3.63, 3.8) is 0 Å². The Morgan fingerprint density at radius 3 is 1.58 bits per heavy atom. The van der Waals surface area contributed by atoms with E-state index in [1.807, 2.05) is 0 Å². The van der Waals surface area contributed by atoms with Gasteiger partial charge in [-0.2, -0.15) is 0 Å². The first kappa shape index (κ1) is 9.31. The Bertz CT molecular complexity index is 272. The zero-order valence-electron chi connectivity index (χ0n) is 5.53. The molecule has 0 aliphatic carbocycles. The summed E-state index contributed by atoms with van der Waals surface area (Å²) < 4.78 is 60.6. The Morgan fingerprint density at radius 1 is 0.917 bits per heavy atom. The van der Waals surface area contributed by atoms with E-state index in [9.17, 15) is 20.4 Å². The van der Waals surface area contributed by atoms with Crippen LogP contribution >= 0.6 is 11.2 Å². The van der Waals surface area contributed by atoms with Gasteiger partial charge in [0.15, 0.2) is 0 Å². The molecule has 1 aromatic rings. The van der Waals surface area contributed by atoms with Crippen LogP contribution in [0.4, 0.5) is 20.4 Å². The van der Waals surface area contributed by atoms with Crippen molar-refractivity contribution in [2.24, 2.45) is 0 Å². The summed E-state index contributed by atoms with van der Waals surface area (Å²) in [7, 11) is 0. The molecule has 0 fully saturated rings. The maximum absolute atomic E-state index is 12.4. The lowest BCUT2D eigenvalue weighted by atomic mass is 10.3. The number of benzene rings is 1. The molecule has 0 aromatic heterocycles. The van der Waals surface area contributed by atoms with Gasteiger partial charge in [-0.3, -0.25) is 0 Å². The van der Waals surface area contributed by atoms with Gasteiger partial charge in [0.05, 0.1) is 0 Å². The van der Waals surface area contributed by atoms with Crippen molar-refractivity contribution >= 4 is 11.2 Å². The highest BCUT2D eigenvalue weighted by Crippen LogP contribution is 2.62. The number of halogens is 5. The maximum atomic E-state index is 12.4. The van der Waals surface area contributed by atoms with Crippen molar-refractivity contribution in [3.05, 3.63) is 29.8 Å². The van der Waals surface area contributed by atoms with Gasteiger partial charge < -0.3 is 0 Å². The maximum Gasteiger partial charge on any atom is 0.243 e. The summed E-state index contributed by atoms with van der Waals surface area (Å²) in [6, 6.07) is 2.05. The first-order chi connectivity index (χ1) is 5.43. The Labute approximate surface area is 67.2 Å². The van der Waals surface area contributed by atoms with Crippen molar-refractivity contribution < 1.29 is 20.4 Å². The van der Waals surface area contributed by atoms with Gasteiger partial charge in [-0.05, 0) is 12.1 Å². The first-order valence-electron chi connectivity index (χ1n) is 2.79. The summed E-state index contributed by atoms with van der Waals surface area (Å²) in [6.45, 7) is 0. The topological polar surface area (TPSA) is 0 Å². The average Bonchev–Trinajstić information content (AvgIpc) is 1.82. The van der Waals surface area contributed by atoms with E-state index in [4.69, 9.17) is 0 Å². The molecular weight excluding hydrogens is 199 g/mol. The van der Waals surface area contributed by atoms with Crippen LogP contribution in [0.1, 0.15) is 0 Å². The van der Waals surface area contributed by atoms with E-state index >= 15 is 0 Å². The largest absolute Gasteiger partial charge is 0.243 e. The summed E-state index contributed by atoms with van der Waals surface area (Å²) in [5, 5.41) is 0. The van der Waals surface area contributed by atoms with Gasteiger partial charge in [0.2, 0.25) is 11.2 Å². The SMILES string of the molecule is Fc1cccc(F)c1S(F)(F)F. The number of rotatable bonds is 1. The summed E-state index contributed by atoms with van der Waals surface area (Å²) >= 11 is -5.81. The minimum absolute atomic E-state index is 0.582. The van der Waals surface area contributed by atoms with Crippen LogP contribution in [0.2, 0.25) is 0 Å². The third kappa shape index (κ3) is 1.69. The highest BCUT2D eigenvalue weighted by atomic mass is 32.3. The van der Waals surface area contributed by atoms with Gasteiger partial charge in [-0.1, -0.05) is 6.07 Å². The lowest BCUT2D eigenvalue weighted by molar-refractivity contribution is 0.512. The predicted molar refractivity (Wildman–Crippen MR) is 35.5 cm³/mol. The molecule has 0 amide bonds. The highest BCUT2D eigenvalue weighted by Gasteiger charge is 2.32. The molecule has 0 spiro atoms. The van der Waals surface area contributed by atoms with Gasteiger partial charge in [0.1, 0.15) is 16.5 Å². The summed E-state index contributed by atoms with van der Waals surface area (Å²) in [5.41, 5.74) is 0. The van der Waals surface area contributed by atoms with Gasteiger partial charge in [-0.15, -0.1) is 11.7 Å². The molecule has 0 nitrogen and oxygen atoms in total. The van der Waals surface area contributed by atoms with Crippen molar-refractivity contribution in [1.29, 1.82) is 0 Å². The van der Waals surface area contributed by atoms with E-state index in [-0.39, 0.29) is 0 Å². The van der Waals surface area contributed by atoms with Gasteiger partial charge in [0, 0.05) is 0 Å². The normalized spacial score (nSPS) is 13.1. The monoisotopic (exact) mass is 202 g/mol. The van der Waals surface area contributed by atoms with E-state index in [2.05, 4.69) is 0 Å². The van der Waals surface area contributed by atoms with Crippen LogP contribution < -0.4 is 0 Å². The van der Waals surface area contributed by atoms with Gasteiger partial charge in [-0.25, -0.2) is 8.78 Å². The molecule has 0 atom stereocenters. The Morgan fingerprint density at radius 2 is 1.33 bits per heavy atom. The molecule has 0 aliphatic rings. The third-order valence-electron chi connectivity index (χ3n) is 1.15. The van der Waals surface area contributed by atoms with E-state index in [0.717, 1.165) is 6.07 Å². The van der Waals surface area contributed by atoms with Crippen molar-refractivity contribution in [2.45, 2.75) is 4.90 Å². The summed E-state index contributed by atoms with van der Waals surface area (Å²) in [6.07, 6.45) is 0. The second-order valence-electron chi connectivity index (χ2n) is 1.96. The fourth-order valence-corrected chi connectivity index (χ4v) is 1.28. The fraction of sp³-hybridized carbons (Fsp3) is 0. The average molecular weight is 202 g/mol. The van der Waals surface area contributed by atoms with Crippen LogP contribution in [0.15, 0.2) is 23.1 Å². The molecule has 6 heteroatoms. The Kier molecular flexibility index (Phi) is 2.27. The standard InChI is InChI=1S/C6H3F5S/c7-4-2-1-3-5(8)6(4)12(9,10)11/h1-3H. The van der Waals surface area contributed by atoms with Crippen LogP contribution in [0.5, 0.6) is 0 Å². The van der Waals surface area contributed by atoms with Crippen molar-refractivity contribution in [2.75, 3.05) is 0 Å². The molecule has 12 heavy (non-hydrogen) atoms. The molecule has 0 heterocycles. The third-order valence-corrected chi connectivity index (χ3v) is 2.00. The molecule has 0 bridgehead atoms. The number of hydrogen-bond donors (Lipinski definition) is 0. The zero-order chi connectivity index (χ0) is 9.35.